The second-order valence-corrected chi connectivity index (χ2v) is 4.33. The van der Waals surface area contributed by atoms with E-state index in [1.165, 1.54) is 6.07 Å². The number of benzene rings is 2. The molecule has 3 heteroatoms. The Balaban J connectivity index is 2.57. The lowest BCUT2D eigenvalue weighted by Gasteiger charge is -2.11. The summed E-state index contributed by atoms with van der Waals surface area (Å²) in [6, 6.07) is 13.2. The van der Waals surface area contributed by atoms with Gasteiger partial charge in [0.1, 0.15) is 11.6 Å². The van der Waals surface area contributed by atoms with Crippen LogP contribution < -0.4 is 4.74 Å². The van der Waals surface area contributed by atoms with Crippen LogP contribution in [0.4, 0.5) is 4.39 Å². The maximum atomic E-state index is 13.9. The van der Waals surface area contributed by atoms with Gasteiger partial charge in [-0.05, 0) is 36.8 Å². The second-order valence-electron chi connectivity index (χ2n) is 3.47. The van der Waals surface area contributed by atoms with Crippen molar-refractivity contribution in [1.82, 2.24) is 0 Å². The highest BCUT2D eigenvalue weighted by Crippen LogP contribution is 2.33. The predicted molar refractivity (Wildman–Crippen MR) is 69.5 cm³/mol. The monoisotopic (exact) mass is 293 g/mol. The van der Waals surface area contributed by atoms with Gasteiger partial charge in [0, 0.05) is 4.47 Å². The van der Waals surface area contributed by atoms with Crippen LogP contribution in [0.2, 0.25) is 0 Å². The van der Waals surface area contributed by atoms with Crippen LogP contribution in [-0.2, 0) is 0 Å². The van der Waals surface area contributed by atoms with Gasteiger partial charge in [0.2, 0.25) is 0 Å². The summed E-state index contributed by atoms with van der Waals surface area (Å²) < 4.78 is 20.1. The Hall–Kier alpha value is -1.35. The van der Waals surface area contributed by atoms with E-state index in [1.807, 2.05) is 19.1 Å². The molecule has 1 radical (unpaired) electrons. The Labute approximate surface area is 108 Å². The van der Waals surface area contributed by atoms with Crippen molar-refractivity contribution in [3.63, 3.8) is 0 Å². The van der Waals surface area contributed by atoms with E-state index in [4.69, 9.17) is 4.74 Å². The summed E-state index contributed by atoms with van der Waals surface area (Å²) in [7, 11) is 0. The van der Waals surface area contributed by atoms with E-state index in [0.717, 1.165) is 10.0 Å². The van der Waals surface area contributed by atoms with Crippen molar-refractivity contribution in [3.8, 4) is 16.9 Å². The van der Waals surface area contributed by atoms with Crippen molar-refractivity contribution in [2.45, 2.75) is 6.92 Å². The molecule has 2 aromatic carbocycles. The van der Waals surface area contributed by atoms with E-state index < -0.39 is 0 Å². The molecule has 0 spiro atoms. The van der Waals surface area contributed by atoms with Gasteiger partial charge in [-0.25, -0.2) is 4.39 Å². The summed E-state index contributed by atoms with van der Waals surface area (Å²) in [6.45, 7) is 2.39. The highest BCUT2D eigenvalue weighted by Gasteiger charge is 2.11. The van der Waals surface area contributed by atoms with Gasteiger partial charge in [-0.15, -0.1) is 0 Å². The van der Waals surface area contributed by atoms with Gasteiger partial charge in [0.05, 0.1) is 12.2 Å². The standard InChI is InChI=1S/C14H11BrFO/c1-2-17-13-8-4-7-12(16)14(13)10-5-3-6-11(15)9-10/h3-5,7-9H,2H2,1H3. The molecule has 0 saturated carbocycles. The molecule has 0 amide bonds. The van der Waals surface area contributed by atoms with Crippen LogP contribution >= 0.6 is 15.9 Å². The number of halogens is 2. The van der Waals surface area contributed by atoms with E-state index in [1.54, 1.807) is 18.2 Å². The molecule has 1 nitrogen and oxygen atoms in total. The molecule has 0 heterocycles. The van der Waals surface area contributed by atoms with E-state index in [0.29, 0.717) is 17.9 Å². The normalized spacial score (nSPS) is 10.3. The van der Waals surface area contributed by atoms with Gasteiger partial charge in [-0.1, -0.05) is 34.1 Å². The summed E-state index contributed by atoms with van der Waals surface area (Å²) in [6.07, 6.45) is 0. The van der Waals surface area contributed by atoms with Crippen LogP contribution in [0.5, 0.6) is 5.75 Å². The molecule has 0 aliphatic heterocycles. The number of rotatable bonds is 3. The summed E-state index contributed by atoms with van der Waals surface area (Å²) in [5.74, 6) is 0.277. The van der Waals surface area contributed by atoms with E-state index in [2.05, 4.69) is 22.0 Å². The highest BCUT2D eigenvalue weighted by atomic mass is 79.9. The molecule has 0 N–H and O–H groups in total. The van der Waals surface area contributed by atoms with Gasteiger partial charge in [-0.2, -0.15) is 0 Å². The molecule has 0 aliphatic rings. The summed E-state index contributed by atoms with van der Waals surface area (Å²) in [5.41, 5.74) is 1.27. The number of hydrogen-bond donors (Lipinski definition) is 0. The van der Waals surface area contributed by atoms with Gasteiger partial charge < -0.3 is 4.74 Å². The first-order chi connectivity index (χ1) is 8.22. The molecule has 2 rings (SSSR count). The lowest BCUT2D eigenvalue weighted by Crippen LogP contribution is -1.96. The zero-order chi connectivity index (χ0) is 12.3. The van der Waals surface area contributed by atoms with Crippen LogP contribution in [0.3, 0.4) is 0 Å². The minimum absolute atomic E-state index is 0.283. The molecule has 17 heavy (non-hydrogen) atoms. The molecule has 0 bridgehead atoms. The smallest absolute Gasteiger partial charge is 0.134 e. The van der Waals surface area contributed by atoms with Crippen molar-refractivity contribution in [2.24, 2.45) is 0 Å². The Morgan fingerprint density at radius 2 is 2.18 bits per heavy atom. The average molecular weight is 294 g/mol. The van der Waals surface area contributed by atoms with E-state index >= 15 is 0 Å². The molecule has 0 unspecified atom stereocenters. The molecule has 0 saturated heterocycles. The van der Waals surface area contributed by atoms with Crippen LogP contribution in [0, 0.1) is 11.9 Å². The Kier molecular flexibility index (Phi) is 3.79. The van der Waals surface area contributed by atoms with E-state index in [9.17, 15) is 4.39 Å². The predicted octanol–water partition coefficient (Wildman–Crippen LogP) is 4.45. The van der Waals surface area contributed by atoms with Crippen LogP contribution in [0.25, 0.3) is 11.1 Å². The molecule has 0 fully saturated rings. The molecule has 0 atom stereocenters. The van der Waals surface area contributed by atoms with Crippen molar-refractivity contribution in [3.05, 3.63) is 52.8 Å². The lowest BCUT2D eigenvalue weighted by molar-refractivity contribution is 0.340. The fourth-order valence-corrected chi connectivity index (χ4v) is 2.03. The molecule has 2 aromatic rings. The summed E-state index contributed by atoms with van der Waals surface area (Å²) >= 11 is 3.33. The van der Waals surface area contributed by atoms with Crippen LogP contribution in [-0.4, -0.2) is 6.61 Å². The molecule has 0 aromatic heterocycles. The quantitative estimate of drug-likeness (QED) is 0.812. The first-order valence-electron chi connectivity index (χ1n) is 5.31. The first-order valence-corrected chi connectivity index (χ1v) is 6.10. The fraction of sp³-hybridized carbons (Fsp3) is 0.143. The van der Waals surface area contributed by atoms with E-state index in [-0.39, 0.29) is 5.82 Å². The van der Waals surface area contributed by atoms with Gasteiger partial charge in [0.15, 0.2) is 0 Å². The van der Waals surface area contributed by atoms with Gasteiger partial charge in [-0.3, -0.25) is 0 Å². The third kappa shape index (κ3) is 2.67. The Bertz CT molecular complexity index is 525. The zero-order valence-electron chi connectivity index (χ0n) is 9.34. The zero-order valence-corrected chi connectivity index (χ0v) is 10.9. The lowest BCUT2D eigenvalue weighted by atomic mass is 10.0. The maximum absolute atomic E-state index is 13.9. The third-order valence-corrected chi connectivity index (χ3v) is 2.79. The first kappa shape index (κ1) is 12.1. The summed E-state index contributed by atoms with van der Waals surface area (Å²) in [5, 5.41) is 0. The fourth-order valence-electron chi connectivity index (χ4n) is 1.65. The number of ether oxygens (including phenoxy) is 1. The third-order valence-electron chi connectivity index (χ3n) is 2.33. The maximum Gasteiger partial charge on any atom is 0.134 e. The molecule has 0 aliphatic carbocycles. The average Bonchev–Trinajstić information content (AvgIpc) is 2.29. The Morgan fingerprint density at radius 1 is 1.35 bits per heavy atom. The number of hydrogen-bond acceptors (Lipinski definition) is 1. The minimum Gasteiger partial charge on any atom is -0.493 e. The SMILES string of the molecule is CCOc1cccc(F)c1-c1cc[c]c(Br)c1. The molecular weight excluding hydrogens is 283 g/mol. The van der Waals surface area contributed by atoms with Gasteiger partial charge in [0.25, 0.3) is 0 Å². The van der Waals surface area contributed by atoms with Crippen molar-refractivity contribution >= 4 is 15.9 Å². The topological polar surface area (TPSA) is 9.23 Å². The molecular formula is C14H11BrFO. The summed E-state index contributed by atoms with van der Waals surface area (Å²) in [4.78, 5) is 0. The van der Waals surface area contributed by atoms with Crippen molar-refractivity contribution in [2.75, 3.05) is 6.61 Å². The second kappa shape index (κ2) is 5.32. The molecule has 87 valence electrons. The van der Waals surface area contributed by atoms with Gasteiger partial charge >= 0.3 is 0 Å². The largest absolute Gasteiger partial charge is 0.493 e. The Morgan fingerprint density at radius 3 is 2.88 bits per heavy atom. The van der Waals surface area contributed by atoms with Crippen molar-refractivity contribution < 1.29 is 9.13 Å². The van der Waals surface area contributed by atoms with Crippen molar-refractivity contribution in [1.29, 1.82) is 0 Å². The van der Waals surface area contributed by atoms with Crippen LogP contribution in [0.1, 0.15) is 6.92 Å². The minimum atomic E-state index is -0.283. The van der Waals surface area contributed by atoms with Crippen LogP contribution in [0.15, 0.2) is 40.9 Å². The highest BCUT2D eigenvalue weighted by molar-refractivity contribution is 9.10.